The van der Waals surface area contributed by atoms with Crippen molar-refractivity contribution in [2.45, 2.75) is 11.8 Å². The van der Waals surface area contributed by atoms with Gasteiger partial charge in [-0.1, -0.05) is 46.6 Å². The molecule has 1 N–H and O–H groups in total. The van der Waals surface area contributed by atoms with Crippen molar-refractivity contribution in [3.63, 3.8) is 0 Å². The van der Waals surface area contributed by atoms with Crippen LogP contribution in [0.1, 0.15) is 5.56 Å². The smallest absolute Gasteiger partial charge is 0.264 e. The summed E-state index contributed by atoms with van der Waals surface area (Å²) in [6, 6.07) is 13.5. The van der Waals surface area contributed by atoms with Gasteiger partial charge < -0.3 is 4.52 Å². The summed E-state index contributed by atoms with van der Waals surface area (Å²) >= 11 is 5.86. The molecule has 0 radical (unpaired) electrons. The minimum Gasteiger partial charge on any atom is -0.337 e. The topological polar surface area (TPSA) is 72.2 Å². The van der Waals surface area contributed by atoms with E-state index in [0.717, 1.165) is 11.1 Å². The van der Waals surface area contributed by atoms with Crippen LogP contribution in [0.4, 0.5) is 5.88 Å². The second-order valence-corrected chi connectivity index (χ2v) is 7.11. The van der Waals surface area contributed by atoms with Crippen LogP contribution in [0.2, 0.25) is 5.02 Å². The Morgan fingerprint density at radius 1 is 1.04 bits per heavy atom. The van der Waals surface area contributed by atoms with Crippen LogP contribution in [0.5, 0.6) is 0 Å². The summed E-state index contributed by atoms with van der Waals surface area (Å²) in [6.45, 7) is 1.89. The van der Waals surface area contributed by atoms with Gasteiger partial charge in [0.25, 0.3) is 10.0 Å². The van der Waals surface area contributed by atoms with Crippen molar-refractivity contribution < 1.29 is 12.9 Å². The first-order valence-corrected chi connectivity index (χ1v) is 8.62. The van der Waals surface area contributed by atoms with Crippen LogP contribution in [0.3, 0.4) is 0 Å². The molecule has 0 aliphatic carbocycles. The summed E-state index contributed by atoms with van der Waals surface area (Å²) in [5, 5.41) is 4.27. The number of nitrogens with one attached hydrogen (secondary N) is 1. The van der Waals surface area contributed by atoms with Crippen molar-refractivity contribution in [1.29, 1.82) is 0 Å². The molecule has 2 aromatic carbocycles. The first-order chi connectivity index (χ1) is 11.0. The molecule has 0 unspecified atom stereocenters. The van der Waals surface area contributed by atoms with Crippen molar-refractivity contribution in [2.24, 2.45) is 0 Å². The van der Waals surface area contributed by atoms with Crippen LogP contribution in [0.25, 0.3) is 11.1 Å². The number of rotatable bonds is 4. The Bertz CT molecular complexity index is 917. The van der Waals surface area contributed by atoms with Gasteiger partial charge in [-0.25, -0.2) is 13.1 Å². The molecule has 23 heavy (non-hydrogen) atoms. The number of halogens is 1. The standard InChI is InChI=1S/C16H13ClN2O3S/c1-11-2-8-14(9-3-11)23(20,21)19-16-15(10-18-22-16)12-4-6-13(17)7-5-12/h2-10,19H,1H3. The maximum absolute atomic E-state index is 12.4. The maximum Gasteiger partial charge on any atom is 0.264 e. The summed E-state index contributed by atoms with van der Waals surface area (Å²) in [4.78, 5) is 0.154. The summed E-state index contributed by atoms with van der Waals surface area (Å²) in [5.74, 6) is 0.0629. The molecule has 1 aromatic heterocycles. The second kappa shape index (κ2) is 6.06. The maximum atomic E-state index is 12.4. The number of benzene rings is 2. The van der Waals surface area contributed by atoms with E-state index < -0.39 is 10.0 Å². The van der Waals surface area contributed by atoms with Crippen molar-refractivity contribution in [3.05, 3.63) is 65.3 Å². The molecule has 3 rings (SSSR count). The highest BCUT2D eigenvalue weighted by molar-refractivity contribution is 7.92. The van der Waals surface area contributed by atoms with Gasteiger partial charge in [-0.3, -0.25) is 0 Å². The number of aryl methyl sites for hydroxylation is 1. The van der Waals surface area contributed by atoms with Gasteiger partial charge in [-0.15, -0.1) is 0 Å². The van der Waals surface area contributed by atoms with E-state index in [2.05, 4.69) is 9.88 Å². The highest BCUT2D eigenvalue weighted by Crippen LogP contribution is 2.30. The first kappa shape index (κ1) is 15.6. The van der Waals surface area contributed by atoms with Gasteiger partial charge in [0.1, 0.15) is 0 Å². The normalized spacial score (nSPS) is 11.4. The number of aromatic nitrogens is 1. The minimum atomic E-state index is -3.75. The molecular formula is C16H13ClN2O3S. The summed E-state index contributed by atoms with van der Waals surface area (Å²) in [7, 11) is -3.75. The van der Waals surface area contributed by atoms with E-state index in [1.807, 2.05) is 6.92 Å². The second-order valence-electron chi connectivity index (χ2n) is 4.99. The van der Waals surface area contributed by atoms with Gasteiger partial charge in [0, 0.05) is 5.02 Å². The highest BCUT2D eigenvalue weighted by Gasteiger charge is 2.19. The molecule has 1 heterocycles. The van der Waals surface area contributed by atoms with Gasteiger partial charge in [0.2, 0.25) is 5.88 Å². The lowest BCUT2D eigenvalue weighted by atomic mass is 10.1. The summed E-state index contributed by atoms with van der Waals surface area (Å²) < 4.78 is 32.3. The third-order valence-electron chi connectivity index (χ3n) is 3.28. The van der Waals surface area contributed by atoms with Crippen molar-refractivity contribution >= 4 is 27.5 Å². The molecule has 0 saturated carbocycles. The lowest BCUT2D eigenvalue weighted by Gasteiger charge is -2.07. The molecule has 3 aromatic rings. The van der Waals surface area contributed by atoms with E-state index in [1.54, 1.807) is 36.4 Å². The Balaban J connectivity index is 1.93. The molecule has 0 amide bonds. The highest BCUT2D eigenvalue weighted by atomic mass is 35.5. The van der Waals surface area contributed by atoms with Crippen LogP contribution in [-0.2, 0) is 10.0 Å². The predicted molar refractivity (Wildman–Crippen MR) is 88.9 cm³/mol. The fourth-order valence-electron chi connectivity index (χ4n) is 2.05. The van der Waals surface area contributed by atoms with Crippen LogP contribution >= 0.6 is 11.6 Å². The first-order valence-electron chi connectivity index (χ1n) is 6.76. The van der Waals surface area contributed by atoms with Crippen molar-refractivity contribution in [3.8, 4) is 11.1 Å². The van der Waals surface area contributed by atoms with Crippen molar-refractivity contribution in [1.82, 2.24) is 5.16 Å². The molecule has 0 spiro atoms. The molecule has 0 bridgehead atoms. The molecular weight excluding hydrogens is 336 g/mol. The zero-order valence-corrected chi connectivity index (χ0v) is 13.7. The molecule has 0 aliphatic rings. The Labute approximate surface area is 138 Å². The SMILES string of the molecule is Cc1ccc(S(=O)(=O)Nc2oncc2-c2ccc(Cl)cc2)cc1. The molecule has 7 heteroatoms. The van der Waals surface area contributed by atoms with E-state index in [-0.39, 0.29) is 10.8 Å². The lowest BCUT2D eigenvalue weighted by molar-refractivity contribution is 0.435. The van der Waals surface area contributed by atoms with Crippen LogP contribution < -0.4 is 4.72 Å². The third-order valence-corrected chi connectivity index (χ3v) is 4.88. The van der Waals surface area contributed by atoms with Gasteiger partial charge in [-0.05, 0) is 36.8 Å². The van der Waals surface area contributed by atoms with Gasteiger partial charge in [-0.2, -0.15) is 0 Å². The minimum absolute atomic E-state index is 0.0629. The van der Waals surface area contributed by atoms with Gasteiger partial charge >= 0.3 is 0 Å². The van der Waals surface area contributed by atoms with Crippen LogP contribution in [-0.4, -0.2) is 13.6 Å². The molecule has 0 aliphatic heterocycles. The third kappa shape index (κ3) is 3.38. The Hall–Kier alpha value is -2.31. The summed E-state index contributed by atoms with van der Waals surface area (Å²) in [6.07, 6.45) is 1.45. The molecule has 0 atom stereocenters. The van der Waals surface area contributed by atoms with Crippen LogP contribution in [0, 0.1) is 6.92 Å². The van der Waals surface area contributed by atoms with E-state index in [1.165, 1.54) is 18.3 Å². The number of anilines is 1. The largest absolute Gasteiger partial charge is 0.337 e. The fourth-order valence-corrected chi connectivity index (χ4v) is 3.18. The van der Waals surface area contributed by atoms with Gasteiger partial charge in [0.15, 0.2) is 0 Å². The van der Waals surface area contributed by atoms with E-state index in [9.17, 15) is 8.42 Å². The molecule has 118 valence electrons. The quantitative estimate of drug-likeness (QED) is 0.770. The fraction of sp³-hybridized carbons (Fsp3) is 0.0625. The average molecular weight is 349 g/mol. The molecule has 0 fully saturated rings. The lowest BCUT2D eigenvalue weighted by Crippen LogP contribution is -2.12. The monoisotopic (exact) mass is 348 g/mol. The molecule has 0 saturated heterocycles. The number of nitrogens with zero attached hydrogens (tertiary/aromatic N) is 1. The van der Waals surface area contributed by atoms with E-state index in [0.29, 0.717) is 10.6 Å². The predicted octanol–water partition coefficient (Wildman–Crippen LogP) is 4.10. The number of sulfonamides is 1. The number of hydrogen-bond acceptors (Lipinski definition) is 4. The Morgan fingerprint density at radius 3 is 2.35 bits per heavy atom. The summed E-state index contributed by atoms with van der Waals surface area (Å²) in [5.41, 5.74) is 2.26. The Kier molecular flexibility index (Phi) is 4.11. The molecule has 5 nitrogen and oxygen atoms in total. The van der Waals surface area contributed by atoms with E-state index in [4.69, 9.17) is 16.1 Å². The Morgan fingerprint density at radius 2 is 1.70 bits per heavy atom. The van der Waals surface area contributed by atoms with Crippen LogP contribution in [0.15, 0.2) is 64.1 Å². The number of hydrogen-bond donors (Lipinski definition) is 1. The van der Waals surface area contributed by atoms with Gasteiger partial charge in [0.05, 0.1) is 16.7 Å². The zero-order chi connectivity index (χ0) is 16.4. The average Bonchev–Trinajstić information content (AvgIpc) is 2.96. The zero-order valence-electron chi connectivity index (χ0n) is 12.2. The van der Waals surface area contributed by atoms with E-state index >= 15 is 0 Å². The van der Waals surface area contributed by atoms with Crippen molar-refractivity contribution in [2.75, 3.05) is 4.72 Å².